The fourth-order valence-corrected chi connectivity index (χ4v) is 3.47. The van der Waals surface area contributed by atoms with Crippen molar-refractivity contribution >= 4 is 29.0 Å². The van der Waals surface area contributed by atoms with Gasteiger partial charge < -0.3 is 35.7 Å². The van der Waals surface area contributed by atoms with Crippen LogP contribution in [0.3, 0.4) is 0 Å². The lowest BCUT2D eigenvalue weighted by atomic mass is 10.1. The van der Waals surface area contributed by atoms with Gasteiger partial charge in [-0.25, -0.2) is 9.78 Å². The summed E-state index contributed by atoms with van der Waals surface area (Å²) in [7, 11) is 3.22. The van der Waals surface area contributed by atoms with Crippen molar-refractivity contribution in [2.75, 3.05) is 39.5 Å². The molecular weight excluding hydrogens is 424 g/mol. The Balaban J connectivity index is 1.62. The van der Waals surface area contributed by atoms with Gasteiger partial charge in [0.05, 0.1) is 12.6 Å². The standard InChI is InChI=1S/C23H30N6O4/c1-28(12-9-24)21(30)17-13-18-20(19(14-17)32-2)29(22(25)27-18)11-6-10-26-23(31)33-15-16-7-4-3-5-8-16/h3-5,7-8,13-14H,6,9-12,15,24H2,1-2H3,(H2,25,27)(H,26,31). The highest BCUT2D eigenvalue weighted by atomic mass is 16.5. The maximum Gasteiger partial charge on any atom is 0.407 e. The Labute approximate surface area is 192 Å². The summed E-state index contributed by atoms with van der Waals surface area (Å²) in [4.78, 5) is 30.5. The molecule has 0 aliphatic carbocycles. The number of ether oxygens (including phenoxy) is 2. The Kier molecular flexibility index (Phi) is 8.09. The first kappa shape index (κ1) is 23.9. The van der Waals surface area contributed by atoms with Gasteiger partial charge in [0.1, 0.15) is 17.9 Å². The van der Waals surface area contributed by atoms with Crippen LogP contribution in [0.25, 0.3) is 11.0 Å². The molecule has 2 amide bonds. The van der Waals surface area contributed by atoms with E-state index in [1.807, 2.05) is 34.9 Å². The highest BCUT2D eigenvalue weighted by Crippen LogP contribution is 2.30. The first-order valence-electron chi connectivity index (χ1n) is 10.7. The van der Waals surface area contributed by atoms with Gasteiger partial charge >= 0.3 is 6.09 Å². The lowest BCUT2D eigenvalue weighted by molar-refractivity contribution is 0.0798. The van der Waals surface area contributed by atoms with E-state index in [0.717, 1.165) is 5.56 Å². The van der Waals surface area contributed by atoms with Crippen molar-refractivity contribution in [2.45, 2.75) is 19.6 Å². The number of anilines is 1. The Morgan fingerprint density at radius 3 is 2.67 bits per heavy atom. The van der Waals surface area contributed by atoms with Crippen LogP contribution >= 0.6 is 0 Å². The van der Waals surface area contributed by atoms with Gasteiger partial charge in [0, 0.05) is 38.8 Å². The molecule has 3 rings (SSSR count). The van der Waals surface area contributed by atoms with E-state index in [-0.39, 0.29) is 12.5 Å². The number of carbonyl (C=O) groups is 2. The second kappa shape index (κ2) is 11.2. The Bertz CT molecular complexity index is 1100. The van der Waals surface area contributed by atoms with Gasteiger partial charge in [0.2, 0.25) is 5.95 Å². The fourth-order valence-electron chi connectivity index (χ4n) is 3.47. The smallest absolute Gasteiger partial charge is 0.407 e. The largest absolute Gasteiger partial charge is 0.494 e. The second-order valence-electron chi connectivity index (χ2n) is 7.53. The number of aryl methyl sites for hydroxylation is 1. The summed E-state index contributed by atoms with van der Waals surface area (Å²) in [6.45, 7) is 1.92. The molecule has 176 valence electrons. The van der Waals surface area contributed by atoms with Crippen molar-refractivity contribution in [1.29, 1.82) is 0 Å². The lowest BCUT2D eigenvalue weighted by Crippen LogP contribution is -2.31. The Hall–Kier alpha value is -3.79. The van der Waals surface area contributed by atoms with Gasteiger partial charge in [-0.3, -0.25) is 4.79 Å². The molecule has 0 radical (unpaired) electrons. The number of fused-ring (bicyclic) bond motifs is 1. The number of likely N-dealkylation sites (N-methyl/N-ethyl adjacent to an activating group) is 1. The average molecular weight is 455 g/mol. The van der Waals surface area contributed by atoms with Gasteiger partial charge in [-0.1, -0.05) is 30.3 Å². The number of methoxy groups -OCH3 is 1. The Morgan fingerprint density at radius 1 is 1.21 bits per heavy atom. The van der Waals surface area contributed by atoms with Crippen LogP contribution in [-0.2, 0) is 17.9 Å². The predicted molar refractivity (Wildman–Crippen MR) is 126 cm³/mol. The van der Waals surface area contributed by atoms with Gasteiger partial charge in [-0.15, -0.1) is 0 Å². The number of nitrogens with zero attached hydrogens (tertiary/aromatic N) is 3. The monoisotopic (exact) mass is 454 g/mol. The summed E-state index contributed by atoms with van der Waals surface area (Å²) in [6.07, 6.45) is 0.115. The number of alkyl carbamates (subject to hydrolysis) is 1. The predicted octanol–water partition coefficient (Wildman–Crippen LogP) is 1.97. The number of hydrogen-bond donors (Lipinski definition) is 3. The van der Waals surface area contributed by atoms with E-state index in [1.54, 1.807) is 24.1 Å². The van der Waals surface area contributed by atoms with Crippen LogP contribution in [0, 0.1) is 0 Å². The molecule has 1 heterocycles. The molecule has 5 N–H and O–H groups in total. The third-order valence-corrected chi connectivity index (χ3v) is 5.15. The van der Waals surface area contributed by atoms with Gasteiger partial charge in [0.15, 0.2) is 0 Å². The number of rotatable bonds is 10. The maximum absolute atomic E-state index is 12.7. The summed E-state index contributed by atoms with van der Waals surface area (Å²) < 4.78 is 12.5. The highest BCUT2D eigenvalue weighted by molar-refractivity contribution is 5.99. The molecule has 0 aliphatic rings. The van der Waals surface area contributed by atoms with Crippen LogP contribution < -0.4 is 21.5 Å². The zero-order chi connectivity index (χ0) is 23.8. The molecule has 2 aromatic carbocycles. The third kappa shape index (κ3) is 5.92. The van der Waals surface area contributed by atoms with Crippen LogP contribution in [0.1, 0.15) is 22.3 Å². The molecule has 0 saturated carbocycles. The van der Waals surface area contributed by atoms with E-state index in [0.29, 0.717) is 60.9 Å². The van der Waals surface area contributed by atoms with Crippen LogP contribution in [0.4, 0.5) is 10.7 Å². The lowest BCUT2D eigenvalue weighted by Gasteiger charge is -2.17. The number of nitrogens with two attached hydrogens (primary N) is 2. The van der Waals surface area contributed by atoms with Crippen molar-refractivity contribution in [3.63, 3.8) is 0 Å². The molecule has 10 nitrogen and oxygen atoms in total. The number of amides is 2. The number of nitrogens with one attached hydrogen (secondary N) is 1. The zero-order valence-electron chi connectivity index (χ0n) is 18.9. The minimum absolute atomic E-state index is 0.174. The maximum atomic E-state index is 12.7. The third-order valence-electron chi connectivity index (χ3n) is 5.15. The van der Waals surface area contributed by atoms with Crippen LogP contribution in [0.15, 0.2) is 42.5 Å². The van der Waals surface area contributed by atoms with E-state index in [9.17, 15) is 9.59 Å². The summed E-state index contributed by atoms with van der Waals surface area (Å²) in [5, 5.41) is 2.73. The first-order valence-corrected chi connectivity index (χ1v) is 10.7. The van der Waals surface area contributed by atoms with Crippen molar-refractivity contribution in [2.24, 2.45) is 5.73 Å². The number of hydrogen-bond acceptors (Lipinski definition) is 7. The number of nitrogen functional groups attached to an aromatic ring is 1. The van der Waals surface area contributed by atoms with E-state index in [2.05, 4.69) is 10.3 Å². The molecule has 33 heavy (non-hydrogen) atoms. The van der Waals surface area contributed by atoms with Crippen molar-refractivity contribution < 1.29 is 19.1 Å². The number of imidazole rings is 1. The SMILES string of the molecule is COc1cc(C(=O)N(C)CCN)cc2nc(N)n(CCCNC(=O)OCc3ccccc3)c12. The molecule has 0 spiro atoms. The van der Waals surface area contributed by atoms with E-state index in [4.69, 9.17) is 20.9 Å². The quantitative estimate of drug-likeness (QED) is 0.398. The molecule has 0 bridgehead atoms. The molecule has 0 saturated heterocycles. The van der Waals surface area contributed by atoms with Gasteiger partial charge in [-0.2, -0.15) is 0 Å². The van der Waals surface area contributed by atoms with Crippen molar-refractivity contribution in [3.8, 4) is 5.75 Å². The molecule has 1 aromatic heterocycles. The van der Waals surface area contributed by atoms with Crippen LogP contribution in [0.2, 0.25) is 0 Å². The highest BCUT2D eigenvalue weighted by Gasteiger charge is 2.19. The minimum atomic E-state index is -0.482. The van der Waals surface area contributed by atoms with Crippen molar-refractivity contribution in [1.82, 2.24) is 19.8 Å². The number of benzene rings is 2. The Morgan fingerprint density at radius 2 is 1.97 bits per heavy atom. The second-order valence-corrected chi connectivity index (χ2v) is 7.53. The molecule has 0 aliphatic heterocycles. The summed E-state index contributed by atoms with van der Waals surface area (Å²) in [5.74, 6) is 0.623. The fraction of sp³-hybridized carbons (Fsp3) is 0.348. The van der Waals surface area contributed by atoms with Crippen molar-refractivity contribution in [3.05, 3.63) is 53.6 Å². The average Bonchev–Trinajstić information content (AvgIpc) is 3.15. The summed E-state index contributed by atoms with van der Waals surface area (Å²) in [6, 6.07) is 12.8. The van der Waals surface area contributed by atoms with E-state index < -0.39 is 6.09 Å². The number of aromatic nitrogens is 2. The van der Waals surface area contributed by atoms with Gasteiger partial charge in [-0.05, 0) is 24.1 Å². The summed E-state index contributed by atoms with van der Waals surface area (Å²) >= 11 is 0. The minimum Gasteiger partial charge on any atom is -0.494 e. The molecule has 0 fully saturated rings. The first-order chi connectivity index (χ1) is 15.9. The molecular formula is C23H30N6O4. The molecule has 0 unspecified atom stereocenters. The zero-order valence-corrected chi connectivity index (χ0v) is 18.9. The van der Waals surface area contributed by atoms with Gasteiger partial charge in [0.25, 0.3) is 5.91 Å². The van der Waals surface area contributed by atoms with Crippen LogP contribution in [0.5, 0.6) is 5.75 Å². The number of carbonyl (C=O) groups excluding carboxylic acids is 2. The van der Waals surface area contributed by atoms with E-state index in [1.165, 1.54) is 7.11 Å². The molecule has 3 aromatic rings. The normalized spacial score (nSPS) is 10.8. The summed E-state index contributed by atoms with van der Waals surface area (Å²) in [5.41, 5.74) is 14.3. The molecule has 10 heteroatoms. The van der Waals surface area contributed by atoms with Crippen LogP contribution in [-0.4, -0.2) is 60.2 Å². The van der Waals surface area contributed by atoms with E-state index >= 15 is 0 Å². The topological polar surface area (TPSA) is 138 Å². The molecule has 0 atom stereocenters.